The first kappa shape index (κ1) is 15.7. The van der Waals surface area contributed by atoms with E-state index in [0.29, 0.717) is 12.1 Å². The van der Waals surface area contributed by atoms with Gasteiger partial charge >= 0.3 is 0 Å². The first-order chi connectivity index (χ1) is 9.49. The number of carbonyl (C=O) groups is 2. The number of fused-ring (bicyclic) bond motifs is 1. The first-order valence-electron chi connectivity index (χ1n) is 6.70. The van der Waals surface area contributed by atoms with E-state index in [2.05, 4.69) is 45.7 Å². The first-order valence-corrected chi connectivity index (χ1v) is 8.61. The van der Waals surface area contributed by atoms with Crippen molar-refractivity contribution in [1.82, 2.24) is 0 Å². The van der Waals surface area contributed by atoms with Crippen molar-refractivity contribution in [3.63, 3.8) is 0 Å². The predicted octanol–water partition coefficient (Wildman–Crippen LogP) is 4.18. The topological polar surface area (TPSA) is 37.4 Å². The molecule has 2 rings (SSSR count). The highest BCUT2D eigenvalue weighted by Crippen LogP contribution is 2.40. The van der Waals surface area contributed by atoms with Crippen LogP contribution < -0.4 is 4.90 Å². The summed E-state index contributed by atoms with van der Waals surface area (Å²) in [5.41, 5.74) is 1.21. The van der Waals surface area contributed by atoms with Crippen LogP contribution in [0.3, 0.4) is 0 Å². The number of carbonyl (C=O) groups excluding carboxylic acids is 2. The summed E-state index contributed by atoms with van der Waals surface area (Å²) < 4.78 is 0.796. The molecule has 0 radical (unpaired) electrons. The molecule has 0 unspecified atom stereocenters. The Bertz CT molecular complexity index is 545. The molecule has 0 saturated heterocycles. The third-order valence-electron chi connectivity index (χ3n) is 4.22. The van der Waals surface area contributed by atoms with Gasteiger partial charge in [0.05, 0.1) is 11.3 Å². The molecule has 0 atom stereocenters. The molecule has 0 saturated carbocycles. The quantitative estimate of drug-likeness (QED) is 0.547. The Morgan fingerprint density at radius 2 is 1.85 bits per heavy atom. The number of rotatable bonds is 5. The van der Waals surface area contributed by atoms with Gasteiger partial charge in [0.25, 0.3) is 11.7 Å². The second-order valence-electron chi connectivity index (χ2n) is 5.20. The van der Waals surface area contributed by atoms with Crippen molar-refractivity contribution in [1.29, 1.82) is 0 Å². The van der Waals surface area contributed by atoms with Gasteiger partial charge in [-0.3, -0.25) is 9.59 Å². The third kappa shape index (κ3) is 2.46. The molecular weight excluding hydrogens is 386 g/mol. The summed E-state index contributed by atoms with van der Waals surface area (Å²) in [5.74, 6) is -0.823. The summed E-state index contributed by atoms with van der Waals surface area (Å²) in [6.45, 7) is 4.80. The standard InChI is InChI=1S/C15H17Br2NO2/c1-3-15(4-2,8-16)9-18-12-10(13(19)14(18)20)6-5-7-11(12)17/h5-7H,3-4,8-9H2,1-2H3. The average molecular weight is 403 g/mol. The van der Waals surface area contributed by atoms with Gasteiger partial charge in [-0.25, -0.2) is 0 Å². The Hall–Kier alpha value is -0.680. The highest BCUT2D eigenvalue weighted by atomic mass is 79.9. The molecule has 0 fully saturated rings. The Balaban J connectivity index is 2.44. The second kappa shape index (κ2) is 5.98. The normalized spacial score (nSPS) is 14.9. The van der Waals surface area contributed by atoms with Crippen LogP contribution in [0.5, 0.6) is 0 Å². The van der Waals surface area contributed by atoms with E-state index in [4.69, 9.17) is 0 Å². The summed E-state index contributed by atoms with van der Waals surface area (Å²) in [7, 11) is 0. The molecular formula is C15H17Br2NO2. The summed E-state index contributed by atoms with van der Waals surface area (Å²) >= 11 is 7.02. The van der Waals surface area contributed by atoms with Crippen molar-refractivity contribution in [2.45, 2.75) is 26.7 Å². The van der Waals surface area contributed by atoms with E-state index in [0.717, 1.165) is 28.3 Å². The van der Waals surface area contributed by atoms with Gasteiger partial charge in [0.15, 0.2) is 0 Å². The minimum absolute atomic E-state index is 0.00711. The van der Waals surface area contributed by atoms with Gasteiger partial charge in [-0.1, -0.05) is 35.8 Å². The number of anilines is 1. The summed E-state index contributed by atoms with van der Waals surface area (Å²) in [4.78, 5) is 26.0. The van der Waals surface area contributed by atoms with Crippen molar-refractivity contribution in [2.24, 2.45) is 5.41 Å². The SMILES string of the molecule is CCC(CC)(CBr)CN1C(=O)C(=O)c2cccc(Br)c21. The zero-order valence-electron chi connectivity index (χ0n) is 11.6. The van der Waals surface area contributed by atoms with Crippen molar-refractivity contribution in [3.8, 4) is 0 Å². The van der Waals surface area contributed by atoms with Crippen LogP contribution in [-0.2, 0) is 4.79 Å². The third-order valence-corrected chi connectivity index (χ3v) is 6.05. The van der Waals surface area contributed by atoms with Gasteiger partial charge < -0.3 is 4.90 Å². The fourth-order valence-corrected chi connectivity index (χ4v) is 4.05. The number of benzene rings is 1. The molecule has 5 heteroatoms. The lowest BCUT2D eigenvalue weighted by Gasteiger charge is -2.34. The van der Waals surface area contributed by atoms with E-state index in [1.54, 1.807) is 17.0 Å². The average Bonchev–Trinajstić information content (AvgIpc) is 2.71. The van der Waals surface area contributed by atoms with E-state index in [1.807, 2.05) is 6.07 Å². The fourth-order valence-electron chi connectivity index (χ4n) is 2.50. The monoisotopic (exact) mass is 401 g/mol. The molecule has 108 valence electrons. The van der Waals surface area contributed by atoms with Crippen molar-refractivity contribution >= 4 is 49.2 Å². The van der Waals surface area contributed by atoms with Gasteiger partial charge in [0, 0.05) is 16.3 Å². The highest BCUT2D eigenvalue weighted by Gasteiger charge is 2.41. The van der Waals surface area contributed by atoms with E-state index in [9.17, 15) is 9.59 Å². The van der Waals surface area contributed by atoms with Gasteiger partial charge in [0.2, 0.25) is 0 Å². The molecule has 0 aromatic heterocycles. The number of para-hydroxylation sites is 1. The number of ketones is 1. The maximum Gasteiger partial charge on any atom is 0.299 e. The number of Topliss-reactive ketones (excluding diaryl/α,β-unsaturated/α-hetero) is 1. The Labute approximate surface area is 136 Å². The highest BCUT2D eigenvalue weighted by molar-refractivity contribution is 9.10. The Morgan fingerprint density at radius 3 is 2.40 bits per heavy atom. The van der Waals surface area contributed by atoms with E-state index >= 15 is 0 Å². The maximum absolute atomic E-state index is 12.3. The van der Waals surface area contributed by atoms with Crippen LogP contribution in [0, 0.1) is 5.41 Å². The summed E-state index contributed by atoms with van der Waals surface area (Å²) in [6, 6.07) is 5.37. The zero-order valence-corrected chi connectivity index (χ0v) is 14.8. The van der Waals surface area contributed by atoms with Crippen molar-refractivity contribution < 1.29 is 9.59 Å². The van der Waals surface area contributed by atoms with E-state index < -0.39 is 11.7 Å². The van der Waals surface area contributed by atoms with Gasteiger partial charge in [-0.15, -0.1) is 0 Å². The van der Waals surface area contributed by atoms with Gasteiger partial charge in [0.1, 0.15) is 0 Å². The van der Waals surface area contributed by atoms with Crippen molar-refractivity contribution in [3.05, 3.63) is 28.2 Å². The fraction of sp³-hybridized carbons (Fsp3) is 0.467. The Morgan fingerprint density at radius 1 is 1.20 bits per heavy atom. The van der Waals surface area contributed by atoms with Crippen LogP contribution in [0.15, 0.2) is 22.7 Å². The number of nitrogens with zero attached hydrogens (tertiary/aromatic N) is 1. The molecule has 0 spiro atoms. The van der Waals surface area contributed by atoms with E-state index in [-0.39, 0.29) is 5.41 Å². The lowest BCUT2D eigenvalue weighted by molar-refractivity contribution is -0.114. The van der Waals surface area contributed by atoms with Crippen LogP contribution in [0.25, 0.3) is 0 Å². The van der Waals surface area contributed by atoms with Crippen LogP contribution in [0.1, 0.15) is 37.0 Å². The van der Waals surface area contributed by atoms with Crippen LogP contribution in [0.2, 0.25) is 0 Å². The van der Waals surface area contributed by atoms with Crippen LogP contribution in [-0.4, -0.2) is 23.6 Å². The smallest absolute Gasteiger partial charge is 0.299 e. The minimum atomic E-state index is -0.417. The molecule has 0 aliphatic carbocycles. The minimum Gasteiger partial charge on any atom is -0.303 e. The van der Waals surface area contributed by atoms with Gasteiger partial charge in [-0.05, 0) is 46.3 Å². The van der Waals surface area contributed by atoms with E-state index in [1.165, 1.54) is 0 Å². The maximum atomic E-state index is 12.3. The zero-order chi connectivity index (χ0) is 14.9. The number of alkyl halides is 1. The molecule has 3 nitrogen and oxygen atoms in total. The number of hydrogen-bond donors (Lipinski definition) is 0. The van der Waals surface area contributed by atoms with Crippen LogP contribution >= 0.6 is 31.9 Å². The summed E-state index contributed by atoms with van der Waals surface area (Å²) in [5, 5.41) is 0.810. The van der Waals surface area contributed by atoms with Crippen molar-refractivity contribution in [2.75, 3.05) is 16.8 Å². The molecule has 1 heterocycles. The Kier molecular flexibility index (Phi) is 4.69. The lowest BCUT2D eigenvalue weighted by Crippen LogP contribution is -2.41. The molecule has 1 amide bonds. The lowest BCUT2D eigenvalue weighted by atomic mass is 9.84. The molecule has 1 aromatic rings. The number of amides is 1. The molecule has 0 N–H and O–H groups in total. The molecule has 0 bridgehead atoms. The molecule has 1 aliphatic heterocycles. The molecule has 1 aromatic carbocycles. The second-order valence-corrected chi connectivity index (χ2v) is 6.61. The molecule has 20 heavy (non-hydrogen) atoms. The molecule has 1 aliphatic rings. The van der Waals surface area contributed by atoms with Gasteiger partial charge in [-0.2, -0.15) is 0 Å². The number of halogens is 2. The number of hydrogen-bond acceptors (Lipinski definition) is 2. The van der Waals surface area contributed by atoms with Crippen LogP contribution in [0.4, 0.5) is 5.69 Å². The predicted molar refractivity (Wildman–Crippen MR) is 87.6 cm³/mol. The largest absolute Gasteiger partial charge is 0.303 e. The summed E-state index contributed by atoms with van der Waals surface area (Å²) in [6.07, 6.45) is 1.90.